The van der Waals surface area contributed by atoms with Crippen molar-refractivity contribution in [1.29, 1.82) is 0 Å². The number of hydrogen-bond acceptors (Lipinski definition) is 3. The van der Waals surface area contributed by atoms with Gasteiger partial charge in [-0.15, -0.1) is 0 Å². The largest absolute Gasteiger partial charge is 0.379 e. The zero-order valence-corrected chi connectivity index (χ0v) is 7.37. The molecule has 0 fully saturated rings. The minimum absolute atomic E-state index is 0.0822. The molecule has 0 radical (unpaired) electrons. The number of carbonyl (C=O) groups excluding carboxylic acids is 1. The van der Waals surface area contributed by atoms with Crippen LogP contribution in [0.5, 0.6) is 0 Å². The molecule has 1 atom stereocenters. The van der Waals surface area contributed by atoms with Crippen LogP contribution in [0.3, 0.4) is 0 Å². The molecule has 1 unspecified atom stereocenters. The van der Waals surface area contributed by atoms with E-state index in [0.717, 1.165) is 0 Å². The zero-order chi connectivity index (χ0) is 9.07. The fourth-order valence-corrected chi connectivity index (χ4v) is 0.757. The minimum Gasteiger partial charge on any atom is -0.379 e. The van der Waals surface area contributed by atoms with E-state index in [1.807, 2.05) is 21.1 Å². The highest BCUT2D eigenvalue weighted by Gasteiger charge is 2.20. The Bertz CT molecular complexity index is 140. The van der Waals surface area contributed by atoms with Crippen molar-refractivity contribution in [2.45, 2.75) is 6.10 Å². The molecule has 66 valence electrons. The Balaban J connectivity index is 3.87. The fraction of sp³-hybridized carbons (Fsp3) is 0.857. The van der Waals surface area contributed by atoms with Crippen molar-refractivity contribution >= 4 is 5.78 Å². The highest BCUT2D eigenvalue weighted by Crippen LogP contribution is 1.95. The third-order valence-corrected chi connectivity index (χ3v) is 1.29. The molecule has 0 aromatic heterocycles. The molecular weight excluding hydrogens is 144 g/mol. The Morgan fingerprint density at radius 2 is 2.00 bits per heavy atom. The summed E-state index contributed by atoms with van der Waals surface area (Å²) < 4.78 is 0.562. The van der Waals surface area contributed by atoms with Gasteiger partial charge in [0.15, 0.2) is 11.9 Å². The van der Waals surface area contributed by atoms with Crippen LogP contribution in [-0.4, -0.2) is 55.7 Å². The molecule has 0 saturated carbocycles. The summed E-state index contributed by atoms with van der Waals surface area (Å²) in [5.41, 5.74) is 5.08. The average molecular weight is 161 g/mol. The summed E-state index contributed by atoms with van der Waals surface area (Å²) in [6.45, 7) is 0.331. The van der Waals surface area contributed by atoms with Gasteiger partial charge >= 0.3 is 0 Å². The third kappa shape index (κ3) is 4.89. The topological polar surface area (TPSA) is 63.3 Å². The first-order chi connectivity index (χ1) is 4.87. The van der Waals surface area contributed by atoms with E-state index in [4.69, 9.17) is 5.73 Å². The number of aliphatic hydroxyl groups excluding tert-OH is 1. The van der Waals surface area contributed by atoms with Gasteiger partial charge in [0.25, 0.3) is 0 Å². The van der Waals surface area contributed by atoms with Gasteiger partial charge in [0, 0.05) is 0 Å². The number of hydrogen-bond donors (Lipinski definition) is 2. The molecule has 0 rings (SSSR count). The molecule has 0 aliphatic carbocycles. The van der Waals surface area contributed by atoms with Gasteiger partial charge in [0.05, 0.1) is 27.7 Å². The quantitative estimate of drug-likeness (QED) is 0.497. The lowest BCUT2D eigenvalue weighted by molar-refractivity contribution is -0.872. The second-order valence-electron chi connectivity index (χ2n) is 3.66. The molecule has 0 bridgehead atoms. The SMILES string of the molecule is C[N+](C)(C)CC(O)C(=O)CN. The maximum Gasteiger partial charge on any atom is 0.180 e. The lowest BCUT2D eigenvalue weighted by atomic mass is 10.2. The van der Waals surface area contributed by atoms with E-state index in [-0.39, 0.29) is 12.3 Å². The van der Waals surface area contributed by atoms with Crippen LogP contribution in [0.1, 0.15) is 0 Å². The molecule has 3 N–H and O–H groups in total. The molecule has 0 aliphatic rings. The first kappa shape index (κ1) is 10.6. The molecule has 0 aromatic carbocycles. The monoisotopic (exact) mass is 161 g/mol. The van der Waals surface area contributed by atoms with Crippen LogP contribution in [0, 0.1) is 0 Å². The first-order valence-electron chi connectivity index (χ1n) is 3.58. The minimum atomic E-state index is -0.917. The fourth-order valence-electron chi connectivity index (χ4n) is 0.757. The van der Waals surface area contributed by atoms with E-state index in [1.54, 1.807) is 0 Å². The summed E-state index contributed by atoms with van der Waals surface area (Å²) >= 11 is 0. The molecule has 4 heteroatoms. The van der Waals surface area contributed by atoms with Crippen molar-refractivity contribution in [3.8, 4) is 0 Å². The van der Waals surface area contributed by atoms with Crippen LogP contribution < -0.4 is 5.73 Å². The molecule has 0 aliphatic heterocycles. The van der Waals surface area contributed by atoms with Crippen LogP contribution in [0.15, 0.2) is 0 Å². The molecule has 0 heterocycles. The van der Waals surface area contributed by atoms with Crippen LogP contribution in [-0.2, 0) is 4.79 Å². The van der Waals surface area contributed by atoms with Crippen molar-refractivity contribution in [2.24, 2.45) is 5.73 Å². The number of carbonyl (C=O) groups is 1. The first-order valence-corrected chi connectivity index (χ1v) is 3.58. The average Bonchev–Trinajstić information content (AvgIpc) is 1.82. The van der Waals surface area contributed by atoms with E-state index in [9.17, 15) is 9.90 Å². The second kappa shape index (κ2) is 3.80. The number of ketones is 1. The van der Waals surface area contributed by atoms with E-state index >= 15 is 0 Å². The summed E-state index contributed by atoms with van der Waals surface area (Å²) in [4.78, 5) is 10.8. The Hall–Kier alpha value is -0.450. The van der Waals surface area contributed by atoms with Crippen LogP contribution >= 0.6 is 0 Å². The number of aliphatic hydroxyl groups is 1. The Labute approximate surface area is 67.2 Å². The molecule has 4 nitrogen and oxygen atoms in total. The molecule has 0 aromatic rings. The third-order valence-electron chi connectivity index (χ3n) is 1.29. The summed E-state index contributed by atoms with van der Waals surface area (Å²) in [6.07, 6.45) is -0.917. The predicted molar refractivity (Wildman–Crippen MR) is 43.0 cm³/mol. The van der Waals surface area contributed by atoms with E-state index < -0.39 is 6.10 Å². The van der Waals surface area contributed by atoms with E-state index in [1.165, 1.54) is 0 Å². The van der Waals surface area contributed by atoms with Crippen LogP contribution in [0.2, 0.25) is 0 Å². The molecule has 0 amide bonds. The molecule has 11 heavy (non-hydrogen) atoms. The van der Waals surface area contributed by atoms with E-state index in [0.29, 0.717) is 11.0 Å². The number of likely N-dealkylation sites (N-methyl/N-ethyl adjacent to an activating group) is 1. The molecule has 0 saturated heterocycles. The van der Waals surface area contributed by atoms with Gasteiger partial charge in [0.1, 0.15) is 6.54 Å². The summed E-state index contributed by atoms with van der Waals surface area (Å²) in [5.74, 6) is -0.293. The Morgan fingerprint density at radius 1 is 1.55 bits per heavy atom. The summed E-state index contributed by atoms with van der Waals surface area (Å²) in [5, 5.41) is 9.21. The van der Waals surface area contributed by atoms with Crippen LogP contribution in [0.25, 0.3) is 0 Å². The van der Waals surface area contributed by atoms with Gasteiger partial charge in [-0.05, 0) is 0 Å². The highest BCUT2D eigenvalue weighted by atomic mass is 16.3. The van der Waals surface area contributed by atoms with Crippen molar-refractivity contribution in [3.63, 3.8) is 0 Å². The maximum atomic E-state index is 10.8. The number of nitrogens with zero attached hydrogens (tertiary/aromatic N) is 1. The van der Waals surface area contributed by atoms with Gasteiger partial charge in [0.2, 0.25) is 0 Å². The number of rotatable bonds is 4. The van der Waals surface area contributed by atoms with Gasteiger partial charge in [-0.25, -0.2) is 0 Å². The number of quaternary nitrogens is 1. The predicted octanol–water partition coefficient (Wildman–Crippen LogP) is -1.42. The molecule has 0 spiro atoms. The normalized spacial score (nSPS) is 14.6. The Morgan fingerprint density at radius 3 is 2.27 bits per heavy atom. The lowest BCUT2D eigenvalue weighted by Crippen LogP contribution is -2.45. The van der Waals surface area contributed by atoms with Gasteiger partial charge < -0.3 is 15.3 Å². The van der Waals surface area contributed by atoms with Crippen LogP contribution in [0.4, 0.5) is 0 Å². The second-order valence-corrected chi connectivity index (χ2v) is 3.66. The Kier molecular flexibility index (Phi) is 3.65. The maximum absolute atomic E-state index is 10.8. The van der Waals surface area contributed by atoms with Crippen molar-refractivity contribution in [2.75, 3.05) is 34.2 Å². The van der Waals surface area contributed by atoms with Crippen molar-refractivity contribution in [1.82, 2.24) is 0 Å². The highest BCUT2D eigenvalue weighted by molar-refractivity contribution is 5.84. The summed E-state index contributed by atoms with van der Waals surface area (Å²) in [7, 11) is 5.73. The summed E-state index contributed by atoms with van der Waals surface area (Å²) in [6, 6.07) is 0. The standard InChI is InChI=1S/C7H17N2O2/c1-9(2,3)5-7(11)6(10)4-8/h7,11H,4-5,8H2,1-3H3/q+1. The van der Waals surface area contributed by atoms with E-state index in [2.05, 4.69) is 0 Å². The van der Waals surface area contributed by atoms with Crippen molar-refractivity contribution in [3.05, 3.63) is 0 Å². The smallest absolute Gasteiger partial charge is 0.180 e. The van der Waals surface area contributed by atoms with Gasteiger partial charge in [-0.1, -0.05) is 0 Å². The zero-order valence-electron chi connectivity index (χ0n) is 7.37. The molecular formula is C7H17N2O2+. The number of nitrogens with two attached hydrogens (primary N) is 1. The van der Waals surface area contributed by atoms with Crippen molar-refractivity contribution < 1.29 is 14.4 Å². The van der Waals surface area contributed by atoms with Gasteiger partial charge in [-0.2, -0.15) is 0 Å². The lowest BCUT2D eigenvalue weighted by Gasteiger charge is -2.25. The van der Waals surface area contributed by atoms with Gasteiger partial charge in [-0.3, -0.25) is 4.79 Å². The number of Topliss-reactive ketones (excluding diaryl/α,β-unsaturated/α-hetero) is 1.